The first kappa shape index (κ1) is 13.5. The SMILES string of the molecule is Cc1cc(F)cc(C(=O)N2C[C@H](O)C[C@H]2C(=O)O)c1. The van der Waals surface area contributed by atoms with Crippen LogP contribution in [0, 0.1) is 12.7 Å². The number of carbonyl (C=O) groups excluding carboxylic acids is 1. The van der Waals surface area contributed by atoms with Gasteiger partial charge in [-0.2, -0.15) is 0 Å². The Kier molecular flexibility index (Phi) is 3.53. The summed E-state index contributed by atoms with van der Waals surface area (Å²) in [5, 5.41) is 18.5. The highest BCUT2D eigenvalue weighted by molar-refractivity contribution is 5.97. The van der Waals surface area contributed by atoms with Crippen molar-refractivity contribution in [3.05, 3.63) is 35.1 Å². The van der Waals surface area contributed by atoms with Crippen molar-refractivity contribution in [2.24, 2.45) is 0 Å². The predicted octanol–water partition coefficient (Wildman–Crippen LogP) is 0.794. The zero-order valence-corrected chi connectivity index (χ0v) is 10.3. The lowest BCUT2D eigenvalue weighted by molar-refractivity contribution is -0.141. The summed E-state index contributed by atoms with van der Waals surface area (Å²) in [6.07, 6.45) is -0.866. The smallest absolute Gasteiger partial charge is 0.326 e. The van der Waals surface area contributed by atoms with E-state index in [1.54, 1.807) is 6.92 Å². The number of nitrogens with zero attached hydrogens (tertiary/aromatic N) is 1. The molecule has 2 atom stereocenters. The molecule has 6 heteroatoms. The van der Waals surface area contributed by atoms with Gasteiger partial charge in [-0.15, -0.1) is 0 Å². The summed E-state index contributed by atoms with van der Waals surface area (Å²) in [6, 6.07) is 2.78. The van der Waals surface area contributed by atoms with Gasteiger partial charge in [-0.3, -0.25) is 4.79 Å². The van der Waals surface area contributed by atoms with Crippen molar-refractivity contribution in [3.8, 4) is 0 Å². The first-order valence-electron chi connectivity index (χ1n) is 5.87. The van der Waals surface area contributed by atoms with Crippen molar-refractivity contribution in [3.63, 3.8) is 0 Å². The fourth-order valence-corrected chi connectivity index (χ4v) is 2.30. The van der Waals surface area contributed by atoms with Gasteiger partial charge in [0.25, 0.3) is 5.91 Å². The van der Waals surface area contributed by atoms with E-state index >= 15 is 0 Å². The molecular formula is C13H14FNO4. The largest absolute Gasteiger partial charge is 0.480 e. The van der Waals surface area contributed by atoms with E-state index in [-0.39, 0.29) is 18.5 Å². The molecule has 19 heavy (non-hydrogen) atoms. The van der Waals surface area contributed by atoms with Gasteiger partial charge in [0.15, 0.2) is 0 Å². The molecule has 1 saturated heterocycles. The van der Waals surface area contributed by atoms with Crippen LogP contribution >= 0.6 is 0 Å². The number of likely N-dealkylation sites (tertiary alicyclic amines) is 1. The van der Waals surface area contributed by atoms with Crippen LogP contribution in [0.25, 0.3) is 0 Å². The summed E-state index contributed by atoms with van der Waals surface area (Å²) >= 11 is 0. The zero-order chi connectivity index (χ0) is 14.2. The van der Waals surface area contributed by atoms with Gasteiger partial charge in [-0.25, -0.2) is 9.18 Å². The molecule has 0 aliphatic carbocycles. The van der Waals surface area contributed by atoms with Gasteiger partial charge in [-0.05, 0) is 30.7 Å². The summed E-state index contributed by atoms with van der Waals surface area (Å²) in [5.41, 5.74) is 0.674. The third-order valence-electron chi connectivity index (χ3n) is 3.11. The van der Waals surface area contributed by atoms with E-state index in [1.165, 1.54) is 12.1 Å². The second-order valence-electron chi connectivity index (χ2n) is 4.72. The van der Waals surface area contributed by atoms with Crippen molar-refractivity contribution in [1.82, 2.24) is 4.90 Å². The molecule has 0 bridgehead atoms. The average Bonchev–Trinajstić information content (AvgIpc) is 2.69. The van der Waals surface area contributed by atoms with E-state index in [0.717, 1.165) is 11.0 Å². The van der Waals surface area contributed by atoms with Gasteiger partial charge in [0, 0.05) is 18.5 Å². The Balaban J connectivity index is 2.30. The summed E-state index contributed by atoms with van der Waals surface area (Å²) in [6.45, 7) is 1.60. The number of halogens is 1. The lowest BCUT2D eigenvalue weighted by Crippen LogP contribution is -2.40. The molecule has 1 amide bonds. The summed E-state index contributed by atoms with van der Waals surface area (Å²) in [7, 11) is 0. The maximum absolute atomic E-state index is 13.3. The molecule has 1 aliphatic heterocycles. The van der Waals surface area contributed by atoms with Gasteiger partial charge in [0.05, 0.1) is 6.10 Å². The first-order chi connectivity index (χ1) is 8.88. The Hall–Kier alpha value is -1.95. The van der Waals surface area contributed by atoms with Crippen molar-refractivity contribution in [1.29, 1.82) is 0 Å². The quantitative estimate of drug-likeness (QED) is 0.830. The normalized spacial score (nSPS) is 22.6. The number of aliphatic hydroxyl groups excluding tert-OH is 1. The summed E-state index contributed by atoms with van der Waals surface area (Å²) in [4.78, 5) is 24.3. The topological polar surface area (TPSA) is 77.8 Å². The van der Waals surface area contributed by atoms with Gasteiger partial charge in [-0.1, -0.05) is 0 Å². The van der Waals surface area contributed by atoms with E-state index in [9.17, 15) is 19.1 Å². The number of aliphatic carboxylic acids is 1. The molecule has 0 unspecified atom stereocenters. The maximum Gasteiger partial charge on any atom is 0.326 e. The molecule has 2 N–H and O–H groups in total. The number of carboxylic acid groups (broad SMARTS) is 1. The van der Waals surface area contributed by atoms with Crippen molar-refractivity contribution >= 4 is 11.9 Å². The molecule has 1 aliphatic rings. The molecule has 1 aromatic rings. The molecule has 0 saturated carbocycles. The van der Waals surface area contributed by atoms with Gasteiger partial charge < -0.3 is 15.1 Å². The molecule has 0 radical (unpaired) electrons. The number of rotatable bonds is 2. The van der Waals surface area contributed by atoms with Gasteiger partial charge in [0.1, 0.15) is 11.9 Å². The Labute approximate surface area is 109 Å². The predicted molar refractivity (Wildman–Crippen MR) is 64.2 cm³/mol. The second kappa shape index (κ2) is 4.97. The fraction of sp³-hybridized carbons (Fsp3) is 0.385. The van der Waals surface area contributed by atoms with Crippen LogP contribution in [0.4, 0.5) is 4.39 Å². The van der Waals surface area contributed by atoms with Gasteiger partial charge >= 0.3 is 5.97 Å². The molecule has 2 rings (SSSR count). The van der Waals surface area contributed by atoms with Crippen LogP contribution in [0.3, 0.4) is 0 Å². The van der Waals surface area contributed by atoms with Crippen LogP contribution in [0.15, 0.2) is 18.2 Å². The third kappa shape index (κ3) is 2.73. The van der Waals surface area contributed by atoms with E-state index < -0.39 is 29.8 Å². The monoisotopic (exact) mass is 267 g/mol. The molecule has 0 aromatic heterocycles. The number of carbonyl (C=O) groups is 2. The minimum atomic E-state index is -1.17. The molecular weight excluding hydrogens is 253 g/mol. The van der Waals surface area contributed by atoms with Crippen molar-refractivity contribution in [2.75, 3.05) is 6.54 Å². The zero-order valence-electron chi connectivity index (χ0n) is 10.3. The summed E-state index contributed by atoms with van der Waals surface area (Å²) < 4.78 is 13.3. The van der Waals surface area contributed by atoms with Crippen LogP contribution in [0.2, 0.25) is 0 Å². The second-order valence-corrected chi connectivity index (χ2v) is 4.72. The molecule has 0 spiro atoms. The van der Waals surface area contributed by atoms with Crippen LogP contribution < -0.4 is 0 Å². The number of amides is 1. The number of aryl methyl sites for hydroxylation is 1. The number of carboxylic acids is 1. The third-order valence-corrected chi connectivity index (χ3v) is 3.11. The Bertz CT molecular complexity index is 511. The lowest BCUT2D eigenvalue weighted by atomic mass is 10.1. The highest BCUT2D eigenvalue weighted by Gasteiger charge is 2.39. The standard InChI is InChI=1S/C13H14FNO4/c1-7-2-8(4-9(14)3-7)12(17)15-6-10(16)5-11(15)13(18)19/h2-4,10-11,16H,5-6H2,1H3,(H,18,19)/t10-,11+/m1/s1. The Morgan fingerprint density at radius 3 is 2.63 bits per heavy atom. The maximum atomic E-state index is 13.3. The van der Waals surface area contributed by atoms with E-state index in [1.807, 2.05) is 0 Å². The number of aliphatic hydroxyl groups is 1. The number of hydrogen-bond acceptors (Lipinski definition) is 3. The highest BCUT2D eigenvalue weighted by Crippen LogP contribution is 2.21. The van der Waals surface area contributed by atoms with Crippen molar-refractivity contribution < 1.29 is 24.2 Å². The van der Waals surface area contributed by atoms with Crippen LogP contribution in [-0.2, 0) is 4.79 Å². The molecule has 1 fully saturated rings. The minimum Gasteiger partial charge on any atom is -0.480 e. The Morgan fingerprint density at radius 1 is 1.37 bits per heavy atom. The summed E-state index contributed by atoms with van der Waals surface area (Å²) in [5.74, 6) is -2.29. The number of β-amino-alcohol motifs (C(OH)–C–C–N with tert-alkyl or cyclic N) is 1. The molecule has 1 aromatic carbocycles. The van der Waals surface area contributed by atoms with E-state index in [2.05, 4.69) is 0 Å². The fourth-order valence-electron chi connectivity index (χ4n) is 2.30. The first-order valence-corrected chi connectivity index (χ1v) is 5.87. The van der Waals surface area contributed by atoms with Crippen LogP contribution in [0.5, 0.6) is 0 Å². The Morgan fingerprint density at radius 2 is 2.05 bits per heavy atom. The minimum absolute atomic E-state index is 0.00459. The van der Waals surface area contributed by atoms with E-state index in [0.29, 0.717) is 5.56 Å². The molecule has 5 nitrogen and oxygen atoms in total. The highest BCUT2D eigenvalue weighted by atomic mass is 19.1. The number of hydrogen-bond donors (Lipinski definition) is 2. The lowest BCUT2D eigenvalue weighted by Gasteiger charge is -2.21. The average molecular weight is 267 g/mol. The molecule has 1 heterocycles. The van der Waals surface area contributed by atoms with Gasteiger partial charge in [0.2, 0.25) is 0 Å². The molecule has 102 valence electrons. The van der Waals surface area contributed by atoms with E-state index in [4.69, 9.17) is 5.11 Å². The van der Waals surface area contributed by atoms with Crippen LogP contribution in [-0.4, -0.2) is 45.7 Å². The van der Waals surface area contributed by atoms with Crippen LogP contribution in [0.1, 0.15) is 22.3 Å². The van der Waals surface area contributed by atoms with Crippen molar-refractivity contribution in [2.45, 2.75) is 25.5 Å². The number of benzene rings is 1.